The van der Waals surface area contributed by atoms with E-state index in [0.29, 0.717) is 11.6 Å². The summed E-state index contributed by atoms with van der Waals surface area (Å²) < 4.78 is 5.54. The maximum Gasteiger partial charge on any atom is 0.224 e. The third kappa shape index (κ3) is 2.92. The number of rotatable bonds is 3. The summed E-state index contributed by atoms with van der Waals surface area (Å²) in [6, 6.07) is 8.84. The molecule has 0 radical (unpaired) electrons. The molecule has 17 heavy (non-hydrogen) atoms. The van der Waals surface area contributed by atoms with E-state index in [1.54, 1.807) is 24.3 Å². The van der Waals surface area contributed by atoms with Gasteiger partial charge in [-0.05, 0) is 24.6 Å². The van der Waals surface area contributed by atoms with Crippen LogP contribution < -0.4 is 10.5 Å². The van der Waals surface area contributed by atoms with Gasteiger partial charge < -0.3 is 15.6 Å². The summed E-state index contributed by atoms with van der Waals surface area (Å²) in [5, 5.41) is 9.02. The molecule has 0 spiro atoms. The third-order valence-electron chi connectivity index (χ3n) is 2.15. The van der Waals surface area contributed by atoms with Crippen molar-refractivity contribution in [3.05, 3.63) is 41.6 Å². The van der Waals surface area contributed by atoms with Crippen LogP contribution in [0, 0.1) is 6.92 Å². The molecular weight excluding hydrogens is 218 g/mol. The van der Waals surface area contributed by atoms with Crippen LogP contribution in [0.3, 0.4) is 0 Å². The zero-order chi connectivity index (χ0) is 12.3. The Balaban J connectivity index is 2.24. The van der Waals surface area contributed by atoms with E-state index >= 15 is 0 Å². The minimum absolute atomic E-state index is 0.0257. The first-order valence-electron chi connectivity index (χ1n) is 5.16. The number of nitrogens with two attached hydrogens (primary N) is 1. The zero-order valence-electron chi connectivity index (χ0n) is 9.42. The average molecular weight is 231 g/mol. The molecule has 1 heterocycles. The van der Waals surface area contributed by atoms with Gasteiger partial charge >= 0.3 is 0 Å². The summed E-state index contributed by atoms with van der Waals surface area (Å²) in [4.78, 5) is 7.92. The number of aliphatic hydroxyl groups is 1. The molecule has 0 bridgehead atoms. The second-order valence-electron chi connectivity index (χ2n) is 3.61. The Bertz CT molecular complexity index is 509. The number of nitrogen functional groups attached to an aromatic ring is 1. The van der Waals surface area contributed by atoms with Gasteiger partial charge in [0.25, 0.3) is 0 Å². The topological polar surface area (TPSA) is 81.3 Å². The molecule has 1 aromatic heterocycles. The molecule has 0 unspecified atom stereocenters. The molecule has 0 aliphatic heterocycles. The summed E-state index contributed by atoms with van der Waals surface area (Å²) in [7, 11) is 0. The van der Waals surface area contributed by atoms with Crippen molar-refractivity contribution in [2.75, 3.05) is 5.73 Å². The van der Waals surface area contributed by atoms with Gasteiger partial charge in [0.05, 0.1) is 6.61 Å². The number of ether oxygens (including phenoxy) is 1. The van der Waals surface area contributed by atoms with Gasteiger partial charge in [-0.1, -0.05) is 12.1 Å². The van der Waals surface area contributed by atoms with Crippen LogP contribution in [0.15, 0.2) is 30.3 Å². The third-order valence-corrected chi connectivity index (χ3v) is 2.15. The molecule has 88 valence electrons. The smallest absolute Gasteiger partial charge is 0.224 e. The Labute approximate surface area is 98.9 Å². The maximum atomic E-state index is 9.02. The predicted octanol–water partition coefficient (Wildman–Crippen LogP) is 1.65. The highest BCUT2D eigenvalue weighted by molar-refractivity contribution is 5.33. The molecule has 5 heteroatoms. The second-order valence-corrected chi connectivity index (χ2v) is 3.61. The van der Waals surface area contributed by atoms with Gasteiger partial charge in [-0.3, -0.25) is 0 Å². The van der Waals surface area contributed by atoms with E-state index in [0.717, 1.165) is 11.3 Å². The fourth-order valence-electron chi connectivity index (χ4n) is 1.44. The quantitative estimate of drug-likeness (QED) is 0.839. The lowest BCUT2D eigenvalue weighted by molar-refractivity contribution is 0.281. The molecule has 0 saturated carbocycles. The highest BCUT2D eigenvalue weighted by Crippen LogP contribution is 2.21. The van der Waals surface area contributed by atoms with Crippen molar-refractivity contribution in [3.8, 4) is 11.6 Å². The molecule has 3 N–H and O–H groups in total. The van der Waals surface area contributed by atoms with Crippen LogP contribution in [0.1, 0.15) is 11.3 Å². The summed E-state index contributed by atoms with van der Waals surface area (Å²) in [5.74, 6) is 1.18. The summed E-state index contributed by atoms with van der Waals surface area (Å²) >= 11 is 0. The first kappa shape index (κ1) is 11.3. The number of anilines is 1. The van der Waals surface area contributed by atoms with Crippen molar-refractivity contribution in [3.63, 3.8) is 0 Å². The molecule has 2 rings (SSSR count). The number of aryl methyl sites for hydroxylation is 1. The lowest BCUT2D eigenvalue weighted by Gasteiger charge is -2.06. The van der Waals surface area contributed by atoms with Crippen LogP contribution in [0.5, 0.6) is 11.6 Å². The van der Waals surface area contributed by atoms with Crippen LogP contribution in [0.4, 0.5) is 5.95 Å². The van der Waals surface area contributed by atoms with E-state index < -0.39 is 0 Å². The lowest BCUT2D eigenvalue weighted by atomic mass is 10.2. The van der Waals surface area contributed by atoms with Gasteiger partial charge in [0.15, 0.2) is 0 Å². The zero-order valence-corrected chi connectivity index (χ0v) is 9.42. The number of hydrogen-bond acceptors (Lipinski definition) is 5. The standard InChI is InChI=1S/C12H13N3O2/c1-8-5-11(15-12(13)14-8)17-10-4-2-3-9(6-10)7-16/h2-6,16H,7H2,1H3,(H2,13,14,15). The highest BCUT2D eigenvalue weighted by atomic mass is 16.5. The lowest BCUT2D eigenvalue weighted by Crippen LogP contribution is -1.98. The van der Waals surface area contributed by atoms with Gasteiger partial charge in [0.2, 0.25) is 11.8 Å². The van der Waals surface area contributed by atoms with Crippen molar-refractivity contribution < 1.29 is 9.84 Å². The van der Waals surface area contributed by atoms with E-state index in [-0.39, 0.29) is 12.6 Å². The Hall–Kier alpha value is -2.14. The molecule has 0 saturated heterocycles. The largest absolute Gasteiger partial charge is 0.439 e. The Kier molecular flexibility index (Phi) is 3.20. The fraction of sp³-hybridized carbons (Fsp3) is 0.167. The molecule has 0 aliphatic rings. The number of hydrogen-bond donors (Lipinski definition) is 2. The molecule has 0 aliphatic carbocycles. The van der Waals surface area contributed by atoms with Crippen LogP contribution >= 0.6 is 0 Å². The van der Waals surface area contributed by atoms with Crippen LogP contribution in [-0.2, 0) is 6.61 Å². The van der Waals surface area contributed by atoms with Crippen molar-refractivity contribution in [2.24, 2.45) is 0 Å². The van der Waals surface area contributed by atoms with Crippen LogP contribution in [-0.4, -0.2) is 15.1 Å². The molecule has 1 aromatic carbocycles. The van der Waals surface area contributed by atoms with Crippen molar-refractivity contribution >= 4 is 5.95 Å². The van der Waals surface area contributed by atoms with Crippen LogP contribution in [0.2, 0.25) is 0 Å². The summed E-state index contributed by atoms with van der Waals surface area (Å²) in [6.45, 7) is 1.79. The minimum atomic E-state index is -0.0257. The second kappa shape index (κ2) is 4.80. The SMILES string of the molecule is Cc1cc(Oc2cccc(CO)c2)nc(N)n1. The van der Waals surface area contributed by atoms with Gasteiger partial charge in [-0.25, -0.2) is 4.98 Å². The molecular formula is C12H13N3O2. The van der Waals surface area contributed by atoms with Gasteiger partial charge in [0, 0.05) is 11.8 Å². The van der Waals surface area contributed by atoms with E-state index in [1.165, 1.54) is 0 Å². The van der Waals surface area contributed by atoms with E-state index in [1.807, 2.05) is 13.0 Å². The Morgan fingerprint density at radius 2 is 2.12 bits per heavy atom. The maximum absolute atomic E-state index is 9.02. The molecule has 0 atom stereocenters. The van der Waals surface area contributed by atoms with Crippen molar-refractivity contribution in [1.82, 2.24) is 9.97 Å². The van der Waals surface area contributed by atoms with Gasteiger partial charge in [0.1, 0.15) is 5.75 Å². The first-order valence-corrected chi connectivity index (χ1v) is 5.16. The number of nitrogens with zero attached hydrogens (tertiary/aromatic N) is 2. The van der Waals surface area contributed by atoms with Gasteiger partial charge in [-0.2, -0.15) is 4.98 Å². The van der Waals surface area contributed by atoms with E-state index in [9.17, 15) is 0 Å². The average Bonchev–Trinajstić information content (AvgIpc) is 2.28. The molecule has 0 fully saturated rings. The number of aliphatic hydroxyl groups excluding tert-OH is 1. The predicted molar refractivity (Wildman–Crippen MR) is 63.6 cm³/mol. The normalized spacial score (nSPS) is 10.2. The van der Waals surface area contributed by atoms with Crippen LogP contribution in [0.25, 0.3) is 0 Å². The minimum Gasteiger partial charge on any atom is -0.439 e. The molecule has 5 nitrogen and oxygen atoms in total. The first-order chi connectivity index (χ1) is 8.17. The summed E-state index contributed by atoms with van der Waals surface area (Å²) in [5.41, 5.74) is 7.05. The van der Waals surface area contributed by atoms with E-state index in [2.05, 4.69) is 9.97 Å². The monoisotopic (exact) mass is 231 g/mol. The molecule has 0 amide bonds. The number of aromatic nitrogens is 2. The number of benzene rings is 1. The van der Waals surface area contributed by atoms with Crippen molar-refractivity contribution in [1.29, 1.82) is 0 Å². The highest BCUT2D eigenvalue weighted by Gasteiger charge is 2.02. The molecule has 2 aromatic rings. The van der Waals surface area contributed by atoms with Crippen molar-refractivity contribution in [2.45, 2.75) is 13.5 Å². The van der Waals surface area contributed by atoms with E-state index in [4.69, 9.17) is 15.6 Å². The Morgan fingerprint density at radius 1 is 1.29 bits per heavy atom. The van der Waals surface area contributed by atoms with Gasteiger partial charge in [-0.15, -0.1) is 0 Å². The summed E-state index contributed by atoms with van der Waals surface area (Å²) in [6.07, 6.45) is 0. The Morgan fingerprint density at radius 3 is 2.82 bits per heavy atom. The fourth-order valence-corrected chi connectivity index (χ4v) is 1.44.